The van der Waals surface area contributed by atoms with Crippen LogP contribution in [0.1, 0.15) is 50.9 Å². The zero-order valence-electron chi connectivity index (χ0n) is 13.7. The molecule has 1 aromatic heterocycles. The Morgan fingerprint density at radius 1 is 1.35 bits per heavy atom. The molecule has 0 amide bonds. The number of rotatable bonds is 3. The van der Waals surface area contributed by atoms with Gasteiger partial charge in [0, 0.05) is 22.6 Å². The summed E-state index contributed by atoms with van der Waals surface area (Å²) in [5.41, 5.74) is 2.49. The minimum Gasteiger partial charge on any atom is -0.598 e. The Balaban J connectivity index is 1.92. The average molecular weight is 335 g/mol. The van der Waals surface area contributed by atoms with Crippen LogP contribution in [0.4, 0.5) is 4.39 Å². The molecule has 0 bridgehead atoms. The lowest BCUT2D eigenvalue weighted by Crippen LogP contribution is -2.42. The number of halogens is 1. The molecule has 0 radical (unpaired) electrons. The van der Waals surface area contributed by atoms with Gasteiger partial charge in [0.05, 0.1) is 12.2 Å². The Kier molecular flexibility index (Phi) is 4.49. The number of nitrogens with zero attached hydrogens (tertiary/aromatic N) is 2. The van der Waals surface area contributed by atoms with Gasteiger partial charge in [-0.05, 0) is 52.2 Å². The molecular formula is C17H22FN3OS. The molecule has 3 rings (SSSR count). The van der Waals surface area contributed by atoms with Gasteiger partial charge in [-0.25, -0.2) is 9.07 Å². The molecule has 0 fully saturated rings. The summed E-state index contributed by atoms with van der Waals surface area (Å²) < 4.78 is 31.0. The van der Waals surface area contributed by atoms with Crippen molar-refractivity contribution in [3.05, 3.63) is 47.5 Å². The molecule has 124 valence electrons. The van der Waals surface area contributed by atoms with Gasteiger partial charge in [0.25, 0.3) is 0 Å². The van der Waals surface area contributed by atoms with Gasteiger partial charge in [0.1, 0.15) is 16.3 Å². The van der Waals surface area contributed by atoms with E-state index in [9.17, 15) is 8.94 Å². The highest BCUT2D eigenvalue weighted by Crippen LogP contribution is 2.33. The van der Waals surface area contributed by atoms with Crippen LogP contribution in [0, 0.1) is 5.82 Å². The first-order chi connectivity index (χ1) is 10.9. The molecule has 1 N–H and O–H groups in total. The second-order valence-corrected chi connectivity index (χ2v) is 8.85. The average Bonchev–Trinajstić information content (AvgIpc) is 2.91. The van der Waals surface area contributed by atoms with Crippen molar-refractivity contribution in [1.29, 1.82) is 0 Å². The Morgan fingerprint density at radius 2 is 2.09 bits per heavy atom. The molecule has 1 heterocycles. The lowest BCUT2D eigenvalue weighted by molar-refractivity contribution is 0.485. The SMILES string of the molecule is CC(C)(C)[S@+]([O-])N[C@H]1CCCc2c1cnn2-c1ccccc1F. The molecule has 0 spiro atoms. The third-order valence-corrected chi connectivity index (χ3v) is 5.68. The maximum Gasteiger partial charge on any atom is 0.148 e. The second-order valence-electron chi connectivity index (χ2n) is 6.85. The van der Waals surface area contributed by atoms with Crippen LogP contribution in [-0.2, 0) is 17.8 Å². The number of hydrogen-bond donors (Lipinski definition) is 1. The van der Waals surface area contributed by atoms with Gasteiger partial charge in [-0.1, -0.05) is 12.1 Å². The molecule has 2 aromatic rings. The summed E-state index contributed by atoms with van der Waals surface area (Å²) in [6.07, 6.45) is 4.51. The number of para-hydroxylation sites is 1. The van der Waals surface area contributed by atoms with E-state index in [-0.39, 0.29) is 16.6 Å². The largest absolute Gasteiger partial charge is 0.598 e. The highest BCUT2D eigenvalue weighted by Gasteiger charge is 2.33. The molecule has 1 aliphatic rings. The maximum atomic E-state index is 14.1. The molecule has 0 unspecified atom stereocenters. The normalized spacial score (nSPS) is 19.4. The van der Waals surface area contributed by atoms with Crippen molar-refractivity contribution in [3.8, 4) is 5.69 Å². The van der Waals surface area contributed by atoms with Gasteiger partial charge in [-0.15, -0.1) is 4.72 Å². The number of hydrogen-bond acceptors (Lipinski definition) is 3. The minimum absolute atomic E-state index is 0.000619. The quantitative estimate of drug-likeness (QED) is 0.874. The van der Waals surface area contributed by atoms with Crippen molar-refractivity contribution < 1.29 is 8.94 Å². The number of fused-ring (bicyclic) bond motifs is 1. The summed E-state index contributed by atoms with van der Waals surface area (Å²) in [5, 5.41) is 4.39. The van der Waals surface area contributed by atoms with Crippen LogP contribution in [0.15, 0.2) is 30.5 Å². The smallest absolute Gasteiger partial charge is 0.148 e. The highest BCUT2D eigenvalue weighted by atomic mass is 32.2. The third kappa shape index (κ3) is 3.29. The molecule has 1 aromatic carbocycles. The van der Waals surface area contributed by atoms with Crippen molar-refractivity contribution in [2.75, 3.05) is 0 Å². The van der Waals surface area contributed by atoms with E-state index in [4.69, 9.17) is 0 Å². The molecule has 4 nitrogen and oxygen atoms in total. The number of nitrogens with one attached hydrogen (secondary N) is 1. The summed E-state index contributed by atoms with van der Waals surface area (Å²) in [6.45, 7) is 5.84. The van der Waals surface area contributed by atoms with Gasteiger partial charge in [-0.2, -0.15) is 5.10 Å². The van der Waals surface area contributed by atoms with Crippen LogP contribution in [0.2, 0.25) is 0 Å². The first kappa shape index (κ1) is 16.5. The first-order valence-corrected chi connectivity index (χ1v) is 9.02. The van der Waals surface area contributed by atoms with Crippen molar-refractivity contribution >= 4 is 11.4 Å². The molecule has 23 heavy (non-hydrogen) atoms. The lowest BCUT2D eigenvalue weighted by Gasteiger charge is -2.30. The van der Waals surface area contributed by atoms with Gasteiger partial charge in [0.15, 0.2) is 0 Å². The fourth-order valence-electron chi connectivity index (χ4n) is 2.82. The molecule has 0 aliphatic heterocycles. The highest BCUT2D eigenvalue weighted by molar-refractivity contribution is 7.90. The molecule has 0 saturated carbocycles. The summed E-state index contributed by atoms with van der Waals surface area (Å²) in [5.74, 6) is -0.285. The van der Waals surface area contributed by atoms with Crippen LogP contribution in [0.3, 0.4) is 0 Å². The predicted octanol–water partition coefficient (Wildman–Crippen LogP) is 3.44. The Labute approximate surface area is 139 Å². The van der Waals surface area contributed by atoms with E-state index in [1.807, 2.05) is 20.8 Å². The lowest BCUT2D eigenvalue weighted by atomic mass is 9.94. The second kappa shape index (κ2) is 6.26. The summed E-state index contributed by atoms with van der Waals surface area (Å²) in [6, 6.07) is 6.65. The van der Waals surface area contributed by atoms with E-state index in [2.05, 4.69) is 9.82 Å². The molecule has 1 aliphatic carbocycles. The first-order valence-electron chi connectivity index (χ1n) is 7.87. The van der Waals surface area contributed by atoms with Gasteiger partial charge < -0.3 is 4.55 Å². The van der Waals surface area contributed by atoms with Crippen LogP contribution in [0.25, 0.3) is 5.69 Å². The van der Waals surface area contributed by atoms with E-state index in [1.165, 1.54) is 6.07 Å². The van der Waals surface area contributed by atoms with E-state index < -0.39 is 11.4 Å². The topological polar surface area (TPSA) is 52.9 Å². The maximum absolute atomic E-state index is 14.1. The molecule has 6 heteroatoms. The van der Waals surface area contributed by atoms with Crippen LogP contribution in [-0.4, -0.2) is 19.1 Å². The Hall–Kier alpha value is -1.37. The fraction of sp³-hybridized carbons (Fsp3) is 0.471. The monoisotopic (exact) mass is 335 g/mol. The van der Waals surface area contributed by atoms with Crippen LogP contribution < -0.4 is 4.72 Å². The Morgan fingerprint density at radius 3 is 2.78 bits per heavy atom. The van der Waals surface area contributed by atoms with Crippen LogP contribution in [0.5, 0.6) is 0 Å². The molecular weight excluding hydrogens is 313 g/mol. The fourth-order valence-corrected chi connectivity index (χ4v) is 3.67. The summed E-state index contributed by atoms with van der Waals surface area (Å²) >= 11 is -1.14. The van der Waals surface area contributed by atoms with E-state index in [0.29, 0.717) is 5.69 Å². The van der Waals surface area contributed by atoms with Crippen molar-refractivity contribution in [3.63, 3.8) is 0 Å². The van der Waals surface area contributed by atoms with Gasteiger partial charge in [0.2, 0.25) is 0 Å². The van der Waals surface area contributed by atoms with E-state index >= 15 is 0 Å². The van der Waals surface area contributed by atoms with Crippen molar-refractivity contribution in [2.45, 2.75) is 50.8 Å². The predicted molar refractivity (Wildman–Crippen MR) is 90.2 cm³/mol. The zero-order chi connectivity index (χ0) is 16.6. The number of aromatic nitrogens is 2. The zero-order valence-corrected chi connectivity index (χ0v) is 14.5. The van der Waals surface area contributed by atoms with Crippen molar-refractivity contribution in [2.24, 2.45) is 0 Å². The Bertz CT molecular complexity index is 695. The minimum atomic E-state index is -1.14. The standard InChI is InChI=1S/C17H22FN3OS/c1-17(2,3)23(22)20-14-8-6-10-15-12(14)11-19-21(15)16-9-5-4-7-13(16)18/h4-5,7,9,11,14,20H,6,8,10H2,1-3H3/t14-,23-/m0/s1. The van der Waals surface area contributed by atoms with E-state index in [0.717, 1.165) is 30.5 Å². The molecule has 2 atom stereocenters. The van der Waals surface area contributed by atoms with Crippen molar-refractivity contribution in [1.82, 2.24) is 14.5 Å². The third-order valence-electron chi connectivity index (χ3n) is 4.07. The van der Waals surface area contributed by atoms with E-state index in [1.54, 1.807) is 29.1 Å². The number of benzene rings is 1. The summed E-state index contributed by atoms with van der Waals surface area (Å²) in [7, 11) is 0. The van der Waals surface area contributed by atoms with Crippen LogP contribution >= 0.6 is 0 Å². The van der Waals surface area contributed by atoms with Gasteiger partial charge in [-0.3, -0.25) is 0 Å². The summed E-state index contributed by atoms with van der Waals surface area (Å²) in [4.78, 5) is 0. The molecule has 0 saturated heterocycles. The van der Waals surface area contributed by atoms with Gasteiger partial charge >= 0.3 is 0 Å².